The molecule has 1 saturated heterocycles. The molecule has 0 atom stereocenters. The number of benzene rings is 1. The Hall–Kier alpha value is -2.44. The van der Waals surface area contributed by atoms with Crippen LogP contribution in [0, 0.1) is 0 Å². The van der Waals surface area contributed by atoms with Gasteiger partial charge in [0.05, 0.1) is 25.5 Å². The molecule has 3 heterocycles. The van der Waals surface area contributed by atoms with Crippen LogP contribution in [0.2, 0.25) is 5.02 Å². The second-order valence-electron chi connectivity index (χ2n) is 6.32. The van der Waals surface area contributed by atoms with Crippen molar-refractivity contribution < 1.29 is 9.53 Å². The number of rotatable bonds is 3. The first kappa shape index (κ1) is 17.0. The summed E-state index contributed by atoms with van der Waals surface area (Å²) in [5.41, 5.74) is 2.87. The lowest BCUT2D eigenvalue weighted by Crippen LogP contribution is -2.37. The van der Waals surface area contributed by atoms with E-state index in [4.69, 9.17) is 16.3 Å². The predicted molar refractivity (Wildman–Crippen MR) is 99.8 cm³/mol. The van der Waals surface area contributed by atoms with Crippen molar-refractivity contribution in [1.82, 2.24) is 14.9 Å². The Balaban J connectivity index is 1.42. The van der Waals surface area contributed by atoms with Gasteiger partial charge in [-0.3, -0.25) is 4.79 Å². The molecular weight excluding hydrogens is 352 g/mol. The molecule has 0 bridgehead atoms. The average molecular weight is 371 g/mol. The number of amides is 1. The first-order valence-electron chi connectivity index (χ1n) is 8.59. The molecule has 1 amide bonds. The number of ether oxygens (including phenoxy) is 1. The Kier molecular flexibility index (Phi) is 4.86. The van der Waals surface area contributed by atoms with Gasteiger partial charge in [0.25, 0.3) is 0 Å². The largest absolute Gasteiger partial charge is 0.378 e. The molecule has 2 aliphatic rings. The Morgan fingerprint density at radius 2 is 1.92 bits per heavy atom. The molecule has 2 aliphatic heterocycles. The number of anilines is 1. The van der Waals surface area contributed by atoms with Crippen LogP contribution in [-0.2, 0) is 22.6 Å². The molecule has 0 spiro atoms. The van der Waals surface area contributed by atoms with Crippen LogP contribution in [-0.4, -0.2) is 47.1 Å². The van der Waals surface area contributed by atoms with E-state index in [1.165, 1.54) is 0 Å². The molecule has 26 heavy (non-hydrogen) atoms. The third-order valence-corrected chi connectivity index (χ3v) is 4.79. The predicted octanol–water partition coefficient (Wildman–Crippen LogP) is 2.52. The molecule has 4 rings (SSSR count). The van der Waals surface area contributed by atoms with E-state index in [2.05, 4.69) is 14.9 Å². The van der Waals surface area contributed by atoms with Gasteiger partial charge in [0.15, 0.2) is 0 Å². The molecule has 6 nitrogen and oxygen atoms in total. The lowest BCUT2D eigenvalue weighted by Gasteiger charge is -2.26. The number of fused-ring (bicyclic) bond motifs is 1. The first-order chi connectivity index (χ1) is 12.7. The summed E-state index contributed by atoms with van der Waals surface area (Å²) in [5.74, 6) is 0.684. The van der Waals surface area contributed by atoms with E-state index in [0.717, 1.165) is 35.9 Å². The third kappa shape index (κ3) is 3.71. The molecule has 1 aromatic heterocycles. The molecule has 0 saturated carbocycles. The van der Waals surface area contributed by atoms with Crippen molar-refractivity contribution in [3.63, 3.8) is 0 Å². The first-order valence-corrected chi connectivity index (χ1v) is 8.97. The summed E-state index contributed by atoms with van der Waals surface area (Å²) in [7, 11) is 0. The average Bonchev–Trinajstić information content (AvgIpc) is 3.11. The van der Waals surface area contributed by atoms with Gasteiger partial charge >= 0.3 is 0 Å². The van der Waals surface area contributed by atoms with E-state index in [-0.39, 0.29) is 5.91 Å². The summed E-state index contributed by atoms with van der Waals surface area (Å²) in [5, 5.41) is 0.679. The Morgan fingerprint density at radius 3 is 2.69 bits per heavy atom. The van der Waals surface area contributed by atoms with Crippen molar-refractivity contribution in [3.05, 3.63) is 58.4 Å². The standard InChI is InChI=1S/C19H19ClN4O2/c20-16-4-1-14(2-5-16)3-6-18(25)24-12-15-11-21-19(22-17(15)13-24)23-7-9-26-10-8-23/h1-6,11H,7-10,12-13H2. The third-order valence-electron chi connectivity index (χ3n) is 4.54. The highest BCUT2D eigenvalue weighted by atomic mass is 35.5. The second-order valence-corrected chi connectivity index (χ2v) is 6.76. The van der Waals surface area contributed by atoms with Gasteiger partial charge < -0.3 is 14.5 Å². The molecule has 0 radical (unpaired) electrons. The Labute approximate surface area is 157 Å². The molecule has 1 fully saturated rings. The van der Waals surface area contributed by atoms with Crippen LogP contribution in [0.15, 0.2) is 36.5 Å². The van der Waals surface area contributed by atoms with Crippen molar-refractivity contribution >= 4 is 29.5 Å². The van der Waals surface area contributed by atoms with Gasteiger partial charge in [-0.15, -0.1) is 0 Å². The van der Waals surface area contributed by atoms with E-state index >= 15 is 0 Å². The van der Waals surface area contributed by atoms with Gasteiger partial charge in [0.2, 0.25) is 11.9 Å². The van der Waals surface area contributed by atoms with Crippen LogP contribution in [0.4, 0.5) is 5.95 Å². The van der Waals surface area contributed by atoms with Gasteiger partial charge in [0, 0.05) is 42.5 Å². The number of hydrogen-bond acceptors (Lipinski definition) is 5. The van der Waals surface area contributed by atoms with Crippen molar-refractivity contribution in [2.24, 2.45) is 0 Å². The van der Waals surface area contributed by atoms with E-state index in [1.807, 2.05) is 18.3 Å². The van der Waals surface area contributed by atoms with Crippen LogP contribution in [0.1, 0.15) is 16.8 Å². The molecule has 2 aromatic rings. The molecule has 7 heteroatoms. The van der Waals surface area contributed by atoms with E-state index in [9.17, 15) is 4.79 Å². The minimum atomic E-state index is -0.0362. The fourth-order valence-electron chi connectivity index (χ4n) is 3.06. The van der Waals surface area contributed by atoms with Crippen LogP contribution in [0.3, 0.4) is 0 Å². The van der Waals surface area contributed by atoms with Gasteiger partial charge in [-0.05, 0) is 23.8 Å². The highest BCUT2D eigenvalue weighted by Gasteiger charge is 2.25. The zero-order valence-corrected chi connectivity index (χ0v) is 15.0. The maximum absolute atomic E-state index is 12.5. The van der Waals surface area contributed by atoms with Crippen LogP contribution >= 0.6 is 11.6 Å². The zero-order valence-electron chi connectivity index (χ0n) is 14.3. The maximum atomic E-state index is 12.5. The molecule has 0 aliphatic carbocycles. The zero-order chi connectivity index (χ0) is 17.9. The smallest absolute Gasteiger partial charge is 0.247 e. The van der Waals surface area contributed by atoms with E-state index in [0.29, 0.717) is 31.3 Å². The number of carbonyl (C=O) groups excluding carboxylic acids is 1. The Bertz CT molecular complexity index is 832. The topological polar surface area (TPSA) is 58.6 Å². The highest BCUT2D eigenvalue weighted by Crippen LogP contribution is 2.23. The quantitative estimate of drug-likeness (QED) is 0.777. The normalized spacial score (nSPS) is 17.0. The molecule has 0 unspecified atom stereocenters. The lowest BCUT2D eigenvalue weighted by molar-refractivity contribution is -0.126. The number of aromatic nitrogens is 2. The molecule has 0 N–H and O–H groups in total. The van der Waals surface area contributed by atoms with Crippen LogP contribution in [0.5, 0.6) is 0 Å². The minimum absolute atomic E-state index is 0.0362. The van der Waals surface area contributed by atoms with Crippen molar-refractivity contribution in [2.75, 3.05) is 31.2 Å². The van der Waals surface area contributed by atoms with E-state index in [1.54, 1.807) is 29.2 Å². The number of carbonyl (C=O) groups is 1. The summed E-state index contributed by atoms with van der Waals surface area (Å²) in [6, 6.07) is 7.37. The summed E-state index contributed by atoms with van der Waals surface area (Å²) >= 11 is 5.88. The van der Waals surface area contributed by atoms with Gasteiger partial charge in [-0.25, -0.2) is 9.97 Å². The van der Waals surface area contributed by atoms with Crippen molar-refractivity contribution in [2.45, 2.75) is 13.1 Å². The fraction of sp³-hybridized carbons (Fsp3) is 0.316. The van der Waals surface area contributed by atoms with Gasteiger partial charge in [-0.1, -0.05) is 23.7 Å². The second kappa shape index (κ2) is 7.43. The fourth-order valence-corrected chi connectivity index (χ4v) is 3.19. The number of halogens is 1. The van der Waals surface area contributed by atoms with Crippen molar-refractivity contribution in [1.29, 1.82) is 0 Å². The highest BCUT2D eigenvalue weighted by molar-refractivity contribution is 6.30. The maximum Gasteiger partial charge on any atom is 0.247 e. The summed E-state index contributed by atoms with van der Waals surface area (Å²) in [6.45, 7) is 4.04. The number of morpholine rings is 1. The lowest BCUT2D eigenvalue weighted by atomic mass is 10.2. The van der Waals surface area contributed by atoms with Gasteiger partial charge in [0.1, 0.15) is 0 Å². The number of hydrogen-bond donors (Lipinski definition) is 0. The summed E-state index contributed by atoms with van der Waals surface area (Å²) in [6.07, 6.45) is 5.22. The van der Waals surface area contributed by atoms with Crippen molar-refractivity contribution in [3.8, 4) is 0 Å². The molecule has 1 aromatic carbocycles. The molecular formula is C19H19ClN4O2. The SMILES string of the molecule is O=C(C=Cc1ccc(Cl)cc1)N1Cc2cnc(N3CCOCC3)nc2C1. The monoisotopic (exact) mass is 370 g/mol. The Morgan fingerprint density at radius 1 is 1.15 bits per heavy atom. The van der Waals surface area contributed by atoms with Gasteiger partial charge in [-0.2, -0.15) is 0 Å². The summed E-state index contributed by atoms with van der Waals surface area (Å²) < 4.78 is 5.37. The molecule has 134 valence electrons. The number of nitrogens with zero attached hydrogens (tertiary/aromatic N) is 4. The minimum Gasteiger partial charge on any atom is -0.378 e. The summed E-state index contributed by atoms with van der Waals surface area (Å²) in [4.78, 5) is 25.5. The van der Waals surface area contributed by atoms with E-state index < -0.39 is 0 Å². The van der Waals surface area contributed by atoms with Crippen LogP contribution < -0.4 is 4.90 Å². The van der Waals surface area contributed by atoms with Crippen LogP contribution in [0.25, 0.3) is 6.08 Å².